The van der Waals surface area contributed by atoms with Crippen LogP contribution in [0.15, 0.2) is 42.5 Å². The minimum atomic E-state index is -3.34. The predicted octanol–water partition coefficient (Wildman–Crippen LogP) is 11.1. The van der Waals surface area contributed by atoms with Gasteiger partial charge in [-0.05, 0) is 41.1 Å². The summed E-state index contributed by atoms with van der Waals surface area (Å²) in [6, 6.07) is 15.6. The summed E-state index contributed by atoms with van der Waals surface area (Å²) in [5, 5.41) is 6.60. The number of ether oxygens (including phenoxy) is 1. The molecule has 2 aromatic carbocycles. The zero-order valence-electron chi connectivity index (χ0n) is 25.3. The highest BCUT2D eigenvalue weighted by Crippen LogP contribution is 2.57. The molecule has 1 saturated heterocycles. The first-order chi connectivity index (χ1) is 19.7. The van der Waals surface area contributed by atoms with Gasteiger partial charge in [0.05, 0.1) is 13.2 Å². The van der Waals surface area contributed by atoms with Gasteiger partial charge in [0.25, 0.3) is 0 Å². The van der Waals surface area contributed by atoms with E-state index < -0.39 is 7.82 Å². The SMILES string of the molecule is CCCCCCCCCCCCCCCCCCCc1cccc2ccccc12.CCOCCOP1(=O)OOO1. The molecule has 0 amide bonds. The monoisotopic (exact) mass is 578 g/mol. The number of hydrogen-bond donors (Lipinski definition) is 0. The Labute approximate surface area is 243 Å². The van der Waals surface area contributed by atoms with Crippen molar-refractivity contribution in [3.63, 3.8) is 0 Å². The fourth-order valence-electron chi connectivity index (χ4n) is 5.03. The van der Waals surface area contributed by atoms with Crippen LogP contribution < -0.4 is 0 Å². The first kappa shape index (κ1) is 34.9. The molecule has 0 aliphatic carbocycles. The number of phosphoric acid groups is 1. The molecule has 228 valence electrons. The fraction of sp³-hybridized carbons (Fsp3) is 0.697. The average molecular weight is 579 g/mol. The van der Waals surface area contributed by atoms with Gasteiger partial charge in [-0.25, -0.2) is 4.57 Å². The van der Waals surface area contributed by atoms with Crippen molar-refractivity contribution >= 4 is 18.6 Å². The molecule has 1 heterocycles. The Kier molecular flexibility index (Phi) is 20.4. The van der Waals surface area contributed by atoms with Gasteiger partial charge in [-0.1, -0.05) is 161 Å². The third kappa shape index (κ3) is 16.2. The standard InChI is InChI=1S/C29H46.C4H9O6P/c1-2-3-4-5-6-7-8-9-10-11-12-13-14-15-16-17-18-22-27-24-21-25-28-23-19-20-26-29(27)28;1-2-6-3-4-7-11(5)9-8-10-11/h19-21,23-26H,2-18,22H2,1H3;2-4H2,1H3. The minimum absolute atomic E-state index is 0.161. The molecule has 0 radical (unpaired) electrons. The molecule has 1 aliphatic rings. The molecule has 3 rings (SSSR count). The number of aryl methyl sites for hydroxylation is 1. The summed E-state index contributed by atoms with van der Waals surface area (Å²) in [7, 11) is -3.34. The van der Waals surface area contributed by atoms with E-state index in [-0.39, 0.29) is 6.61 Å². The molecule has 0 atom stereocenters. The summed E-state index contributed by atoms with van der Waals surface area (Å²) in [4.78, 5) is 0. The third-order valence-corrected chi connectivity index (χ3v) is 8.34. The van der Waals surface area contributed by atoms with Crippen molar-refractivity contribution in [2.45, 2.75) is 129 Å². The zero-order chi connectivity index (χ0) is 28.6. The van der Waals surface area contributed by atoms with Crippen molar-refractivity contribution < 1.29 is 28.2 Å². The van der Waals surface area contributed by atoms with Crippen molar-refractivity contribution in [2.24, 2.45) is 0 Å². The van der Waals surface area contributed by atoms with Gasteiger partial charge in [-0.2, -0.15) is 0 Å². The maximum Gasteiger partial charge on any atom is 0.534 e. The van der Waals surface area contributed by atoms with Crippen LogP contribution >= 0.6 is 7.82 Å². The van der Waals surface area contributed by atoms with Crippen molar-refractivity contribution in [3.8, 4) is 0 Å². The lowest BCUT2D eigenvalue weighted by Crippen LogP contribution is -2.12. The fourth-order valence-corrected chi connectivity index (χ4v) is 5.57. The number of hydrogen-bond acceptors (Lipinski definition) is 6. The van der Waals surface area contributed by atoms with E-state index >= 15 is 0 Å². The van der Waals surface area contributed by atoms with Gasteiger partial charge in [-0.15, -0.1) is 0 Å². The van der Waals surface area contributed by atoms with E-state index in [2.05, 4.69) is 68.3 Å². The Hall–Kier alpha value is -1.27. The summed E-state index contributed by atoms with van der Waals surface area (Å²) in [5.41, 5.74) is 1.53. The van der Waals surface area contributed by atoms with Crippen molar-refractivity contribution in [1.82, 2.24) is 0 Å². The van der Waals surface area contributed by atoms with Gasteiger partial charge in [0.1, 0.15) is 0 Å². The first-order valence-corrected chi connectivity index (χ1v) is 17.5. The molecule has 2 aromatic rings. The van der Waals surface area contributed by atoms with Crippen LogP contribution in [0.25, 0.3) is 10.8 Å². The summed E-state index contributed by atoms with van der Waals surface area (Å²) in [6.45, 7) is 5.25. The second-order valence-corrected chi connectivity index (χ2v) is 12.2. The van der Waals surface area contributed by atoms with E-state index in [1.54, 1.807) is 0 Å². The van der Waals surface area contributed by atoms with Crippen LogP contribution in [-0.4, -0.2) is 19.8 Å². The molecule has 0 aromatic heterocycles. The van der Waals surface area contributed by atoms with Gasteiger partial charge in [0, 0.05) is 6.61 Å². The molecule has 40 heavy (non-hydrogen) atoms. The third-order valence-electron chi connectivity index (χ3n) is 7.35. The van der Waals surface area contributed by atoms with E-state index in [9.17, 15) is 4.57 Å². The van der Waals surface area contributed by atoms with Crippen molar-refractivity contribution in [2.75, 3.05) is 19.8 Å². The normalized spacial score (nSPS) is 14.1. The molecule has 7 heteroatoms. The van der Waals surface area contributed by atoms with Crippen LogP contribution in [0, 0.1) is 0 Å². The highest BCUT2D eigenvalue weighted by Gasteiger charge is 2.40. The number of unbranched alkanes of at least 4 members (excludes halogenated alkanes) is 16. The molecule has 1 aliphatic heterocycles. The Balaban J connectivity index is 0.000000425. The van der Waals surface area contributed by atoms with Gasteiger partial charge in [-0.3, -0.25) is 4.52 Å². The minimum Gasteiger partial charge on any atom is -0.379 e. The smallest absolute Gasteiger partial charge is 0.379 e. The second kappa shape index (κ2) is 23.3. The largest absolute Gasteiger partial charge is 0.534 e. The summed E-state index contributed by atoms with van der Waals surface area (Å²) >= 11 is 0. The average Bonchev–Trinajstić information content (AvgIpc) is 2.96. The lowest BCUT2D eigenvalue weighted by Gasteiger charge is -2.20. The van der Waals surface area contributed by atoms with Crippen LogP contribution in [-0.2, 0) is 34.6 Å². The number of rotatable bonds is 23. The zero-order valence-corrected chi connectivity index (χ0v) is 26.2. The predicted molar refractivity (Wildman–Crippen MR) is 165 cm³/mol. The van der Waals surface area contributed by atoms with Crippen molar-refractivity contribution in [1.29, 1.82) is 0 Å². The van der Waals surface area contributed by atoms with Gasteiger partial charge in [0.15, 0.2) is 0 Å². The first-order valence-electron chi connectivity index (χ1n) is 16.0. The Morgan fingerprint density at radius 3 is 1.68 bits per heavy atom. The van der Waals surface area contributed by atoms with Crippen LogP contribution in [0.1, 0.15) is 129 Å². The van der Waals surface area contributed by atoms with Gasteiger partial charge in [0.2, 0.25) is 0 Å². The van der Waals surface area contributed by atoms with E-state index in [1.165, 1.54) is 132 Å². The Morgan fingerprint density at radius 1 is 0.625 bits per heavy atom. The number of benzene rings is 2. The van der Waals surface area contributed by atoms with Crippen LogP contribution in [0.4, 0.5) is 0 Å². The topological polar surface area (TPSA) is 63.2 Å². The summed E-state index contributed by atoms with van der Waals surface area (Å²) < 4.78 is 28.4. The van der Waals surface area contributed by atoms with Gasteiger partial charge < -0.3 is 4.74 Å². The number of fused-ring (bicyclic) bond motifs is 1. The quantitative estimate of drug-likeness (QED) is 0.0742. The highest BCUT2D eigenvalue weighted by atomic mass is 31.2. The second-order valence-electron chi connectivity index (χ2n) is 10.7. The van der Waals surface area contributed by atoms with Crippen LogP contribution in [0.5, 0.6) is 0 Å². The lowest BCUT2D eigenvalue weighted by atomic mass is 9.99. The molecule has 0 saturated carbocycles. The molecule has 1 fully saturated rings. The molecule has 6 nitrogen and oxygen atoms in total. The summed E-state index contributed by atoms with van der Waals surface area (Å²) in [6.07, 6.45) is 25.8. The summed E-state index contributed by atoms with van der Waals surface area (Å²) in [5.74, 6) is 0. The molecular weight excluding hydrogens is 523 g/mol. The van der Waals surface area contributed by atoms with Crippen LogP contribution in [0.2, 0.25) is 0 Å². The van der Waals surface area contributed by atoms with E-state index in [1.807, 2.05) is 6.92 Å². The van der Waals surface area contributed by atoms with E-state index in [4.69, 9.17) is 4.74 Å². The molecule has 0 spiro atoms. The Bertz CT molecular complexity index is 907. The maximum atomic E-state index is 10.8. The molecular formula is C33H55O6P. The molecule has 0 N–H and O–H groups in total. The molecule has 0 bridgehead atoms. The Morgan fingerprint density at radius 2 is 1.15 bits per heavy atom. The maximum absolute atomic E-state index is 10.8. The van der Waals surface area contributed by atoms with E-state index in [0.29, 0.717) is 13.2 Å². The van der Waals surface area contributed by atoms with Crippen LogP contribution in [0.3, 0.4) is 0 Å². The van der Waals surface area contributed by atoms with Gasteiger partial charge >= 0.3 is 7.82 Å². The highest BCUT2D eigenvalue weighted by molar-refractivity contribution is 7.48. The lowest BCUT2D eigenvalue weighted by molar-refractivity contribution is -0.499. The van der Waals surface area contributed by atoms with Crippen molar-refractivity contribution in [3.05, 3.63) is 48.0 Å². The molecule has 0 unspecified atom stereocenters. The van der Waals surface area contributed by atoms with E-state index in [0.717, 1.165) is 0 Å².